The van der Waals surface area contributed by atoms with Crippen LogP contribution in [0.4, 0.5) is 4.39 Å². The molecule has 1 atom stereocenters. The maximum atomic E-state index is 13.4. The Hall–Kier alpha value is -3.75. The number of amides is 1. The summed E-state index contributed by atoms with van der Waals surface area (Å²) in [4.78, 5) is 14.1. The van der Waals surface area contributed by atoms with Crippen LogP contribution in [0.15, 0.2) is 102 Å². The summed E-state index contributed by atoms with van der Waals surface area (Å²) in [7, 11) is 0. The second-order valence-corrected chi connectivity index (χ2v) is 11.0. The van der Waals surface area contributed by atoms with E-state index in [1.807, 2.05) is 59.3 Å². The molecule has 0 saturated heterocycles. The highest BCUT2D eigenvalue weighted by molar-refractivity contribution is 7.98. The zero-order valence-electron chi connectivity index (χ0n) is 20.9. The van der Waals surface area contributed by atoms with E-state index in [1.54, 1.807) is 23.5 Å². The van der Waals surface area contributed by atoms with Gasteiger partial charge in [-0.2, -0.15) is 0 Å². The van der Waals surface area contributed by atoms with Gasteiger partial charge in [0.15, 0.2) is 11.0 Å². The molecule has 0 spiro atoms. The van der Waals surface area contributed by atoms with Crippen molar-refractivity contribution in [3.05, 3.63) is 130 Å². The lowest BCUT2D eigenvalue weighted by Gasteiger charge is -2.20. The fraction of sp³-hybridized carbons (Fsp3) is 0.167. The minimum Gasteiger partial charge on any atom is -0.345 e. The van der Waals surface area contributed by atoms with E-state index in [4.69, 9.17) is 0 Å². The molecule has 2 aromatic heterocycles. The first-order chi connectivity index (χ1) is 18.5. The van der Waals surface area contributed by atoms with Crippen LogP contribution >= 0.6 is 23.1 Å². The van der Waals surface area contributed by atoms with Crippen molar-refractivity contribution >= 4 is 29.0 Å². The molecule has 1 unspecified atom stereocenters. The highest BCUT2D eigenvalue weighted by Crippen LogP contribution is 2.29. The molecule has 2 heterocycles. The quantitative estimate of drug-likeness (QED) is 0.199. The van der Waals surface area contributed by atoms with Crippen LogP contribution in [0, 0.1) is 12.7 Å². The van der Waals surface area contributed by atoms with Gasteiger partial charge < -0.3 is 5.32 Å². The van der Waals surface area contributed by atoms with Gasteiger partial charge in [-0.05, 0) is 60.2 Å². The van der Waals surface area contributed by atoms with Crippen LogP contribution in [0.3, 0.4) is 0 Å². The molecule has 0 fully saturated rings. The molecule has 0 aliphatic rings. The first kappa shape index (κ1) is 25.9. The maximum absolute atomic E-state index is 13.4. The van der Waals surface area contributed by atoms with Crippen LogP contribution in [0.25, 0.3) is 5.69 Å². The predicted octanol–water partition coefficient (Wildman–Crippen LogP) is 6.71. The number of benzene rings is 3. The van der Waals surface area contributed by atoms with Crippen LogP contribution in [-0.2, 0) is 23.4 Å². The molecule has 0 bridgehead atoms. The third kappa shape index (κ3) is 6.57. The van der Waals surface area contributed by atoms with Gasteiger partial charge in [-0.3, -0.25) is 9.36 Å². The Kier molecular flexibility index (Phi) is 8.31. The average molecular weight is 543 g/mol. The molecule has 8 heteroatoms. The molecular formula is C30H27FN4OS2. The third-order valence-electron chi connectivity index (χ3n) is 6.08. The second kappa shape index (κ2) is 12.2. The Morgan fingerprint density at radius 2 is 1.71 bits per heavy atom. The fourth-order valence-electron chi connectivity index (χ4n) is 4.14. The number of carbonyl (C=O) groups excluding carboxylic acids is 1. The van der Waals surface area contributed by atoms with Crippen molar-refractivity contribution in [1.29, 1.82) is 0 Å². The Bertz CT molecular complexity index is 1470. The molecule has 1 amide bonds. The number of hydrogen-bond donors (Lipinski definition) is 1. The van der Waals surface area contributed by atoms with Gasteiger partial charge in [-0.1, -0.05) is 78.0 Å². The molecule has 0 aliphatic carbocycles. The van der Waals surface area contributed by atoms with E-state index in [-0.39, 0.29) is 17.8 Å². The molecule has 3 aromatic carbocycles. The molecule has 0 radical (unpaired) electrons. The summed E-state index contributed by atoms with van der Waals surface area (Å²) < 4.78 is 15.4. The van der Waals surface area contributed by atoms with Crippen molar-refractivity contribution in [2.75, 3.05) is 0 Å². The Morgan fingerprint density at radius 1 is 0.947 bits per heavy atom. The summed E-state index contributed by atoms with van der Waals surface area (Å²) >= 11 is 3.10. The van der Waals surface area contributed by atoms with Gasteiger partial charge in [-0.15, -0.1) is 21.5 Å². The minimum atomic E-state index is -0.390. The Labute approximate surface area is 229 Å². The lowest BCUT2D eigenvalue weighted by Crippen LogP contribution is -2.33. The van der Waals surface area contributed by atoms with Crippen molar-refractivity contribution in [3.8, 4) is 5.69 Å². The number of hydrogen-bond acceptors (Lipinski definition) is 5. The third-order valence-corrected chi connectivity index (χ3v) is 7.95. The number of nitrogens with zero attached hydrogens (tertiary/aromatic N) is 3. The van der Waals surface area contributed by atoms with E-state index < -0.39 is 0 Å². The summed E-state index contributed by atoms with van der Waals surface area (Å²) in [5.74, 6) is 0.954. The zero-order chi connectivity index (χ0) is 26.3. The summed E-state index contributed by atoms with van der Waals surface area (Å²) in [6, 6.07) is 28.3. The number of carbonyl (C=O) groups is 1. The van der Waals surface area contributed by atoms with Gasteiger partial charge >= 0.3 is 0 Å². The zero-order valence-corrected chi connectivity index (χ0v) is 22.5. The molecule has 5 aromatic rings. The number of halogens is 1. The van der Waals surface area contributed by atoms with Crippen LogP contribution in [0.1, 0.15) is 33.4 Å². The number of aryl methyl sites for hydroxylation is 1. The molecule has 5 nitrogen and oxygen atoms in total. The highest BCUT2D eigenvalue weighted by Gasteiger charge is 2.25. The maximum Gasteiger partial charge on any atom is 0.225 e. The lowest BCUT2D eigenvalue weighted by atomic mass is 10.0. The van der Waals surface area contributed by atoms with E-state index >= 15 is 0 Å². The fourth-order valence-corrected chi connectivity index (χ4v) is 5.76. The van der Waals surface area contributed by atoms with Crippen LogP contribution in [-0.4, -0.2) is 20.7 Å². The average Bonchev–Trinajstić information content (AvgIpc) is 3.59. The van der Waals surface area contributed by atoms with Crippen molar-refractivity contribution in [1.82, 2.24) is 20.1 Å². The summed E-state index contributed by atoms with van der Waals surface area (Å²) in [6.45, 7) is 2.05. The predicted molar refractivity (Wildman–Crippen MR) is 151 cm³/mol. The van der Waals surface area contributed by atoms with Crippen molar-refractivity contribution in [3.63, 3.8) is 0 Å². The highest BCUT2D eigenvalue weighted by atomic mass is 32.2. The molecule has 0 saturated carbocycles. The van der Waals surface area contributed by atoms with Gasteiger partial charge in [0, 0.05) is 16.3 Å². The van der Waals surface area contributed by atoms with E-state index in [0.717, 1.165) is 27.3 Å². The standard InChI is InChI=1S/C30H27FN4OS2/c1-21-9-15-25(16-10-21)35-29(33-34-30(35)38-20-23-11-13-24(31)14-12-23)27(18-22-6-3-2-4-7-22)32-28(36)19-26-8-5-17-37-26/h2-17,27H,18-20H2,1H3,(H,32,36). The van der Waals surface area contributed by atoms with Gasteiger partial charge in [0.25, 0.3) is 0 Å². The second-order valence-electron chi connectivity index (χ2n) is 8.99. The van der Waals surface area contributed by atoms with Crippen LogP contribution < -0.4 is 5.32 Å². The SMILES string of the molecule is Cc1ccc(-n2c(SCc3ccc(F)cc3)nnc2C(Cc2ccccc2)NC(=O)Cc2cccs2)cc1. The van der Waals surface area contributed by atoms with Crippen LogP contribution in [0.5, 0.6) is 0 Å². The van der Waals surface area contributed by atoms with Crippen molar-refractivity contribution in [2.45, 2.75) is 36.7 Å². The van der Waals surface area contributed by atoms with Gasteiger partial charge in [0.05, 0.1) is 12.5 Å². The largest absolute Gasteiger partial charge is 0.345 e. The monoisotopic (exact) mass is 542 g/mol. The van der Waals surface area contributed by atoms with Gasteiger partial charge in [0.2, 0.25) is 5.91 Å². The smallest absolute Gasteiger partial charge is 0.225 e. The van der Waals surface area contributed by atoms with E-state index in [1.165, 1.54) is 23.9 Å². The first-order valence-electron chi connectivity index (χ1n) is 12.3. The molecule has 0 aliphatic heterocycles. The van der Waals surface area contributed by atoms with E-state index in [0.29, 0.717) is 29.6 Å². The van der Waals surface area contributed by atoms with E-state index in [2.05, 4.69) is 39.8 Å². The summed E-state index contributed by atoms with van der Waals surface area (Å²) in [5.41, 5.74) is 4.14. The van der Waals surface area contributed by atoms with Gasteiger partial charge in [-0.25, -0.2) is 4.39 Å². The summed E-state index contributed by atoms with van der Waals surface area (Å²) in [5, 5.41) is 15.1. The summed E-state index contributed by atoms with van der Waals surface area (Å²) in [6.07, 6.45) is 0.886. The topological polar surface area (TPSA) is 59.8 Å². The van der Waals surface area contributed by atoms with Crippen molar-refractivity contribution in [2.24, 2.45) is 0 Å². The molecular weight excluding hydrogens is 515 g/mol. The minimum absolute atomic E-state index is 0.0626. The lowest BCUT2D eigenvalue weighted by molar-refractivity contribution is -0.121. The van der Waals surface area contributed by atoms with Crippen LogP contribution in [0.2, 0.25) is 0 Å². The number of rotatable bonds is 10. The molecule has 192 valence electrons. The van der Waals surface area contributed by atoms with E-state index in [9.17, 15) is 9.18 Å². The number of nitrogens with one attached hydrogen (secondary N) is 1. The molecule has 5 rings (SSSR count). The number of aromatic nitrogens is 3. The molecule has 1 N–H and O–H groups in total. The first-order valence-corrected chi connectivity index (χ1v) is 14.2. The van der Waals surface area contributed by atoms with Crippen molar-refractivity contribution < 1.29 is 9.18 Å². The van der Waals surface area contributed by atoms with Gasteiger partial charge in [0.1, 0.15) is 5.82 Å². The molecule has 38 heavy (non-hydrogen) atoms. The normalized spacial score (nSPS) is 11.8. The Morgan fingerprint density at radius 3 is 2.42 bits per heavy atom. The number of thiophene rings is 1. The number of thioether (sulfide) groups is 1. The Balaban J connectivity index is 1.49.